The smallest absolute Gasteiger partial charge is 0.335 e. The average molecular weight is 315 g/mol. The molecule has 0 aliphatic carbocycles. The van der Waals surface area contributed by atoms with Gasteiger partial charge in [-0.25, -0.2) is 9.48 Å². The van der Waals surface area contributed by atoms with Gasteiger partial charge >= 0.3 is 5.97 Å². The Kier molecular flexibility index (Phi) is 3.31. The summed E-state index contributed by atoms with van der Waals surface area (Å²) in [5.41, 5.74) is 2.58. The van der Waals surface area contributed by atoms with Crippen LogP contribution in [0.25, 0.3) is 27.7 Å². The number of hydrogen-bond donors (Lipinski definition) is 1. The van der Waals surface area contributed by atoms with Crippen LogP contribution in [0.4, 0.5) is 0 Å². The van der Waals surface area contributed by atoms with E-state index in [4.69, 9.17) is 5.11 Å². The van der Waals surface area contributed by atoms with E-state index in [-0.39, 0.29) is 5.56 Å². The third-order valence-corrected chi connectivity index (χ3v) is 3.90. The first-order chi connectivity index (χ1) is 11.7. The van der Waals surface area contributed by atoms with E-state index in [1.807, 2.05) is 18.2 Å². The predicted octanol–water partition coefficient (Wildman–Crippen LogP) is 3.79. The van der Waals surface area contributed by atoms with Gasteiger partial charge in [-0.15, -0.1) is 5.10 Å². The Hall–Kier alpha value is -3.47. The highest BCUT2D eigenvalue weighted by Gasteiger charge is 2.08. The molecule has 0 saturated carbocycles. The molecule has 0 aliphatic rings. The molecule has 4 rings (SSSR count). The number of rotatable bonds is 3. The highest BCUT2D eigenvalue weighted by atomic mass is 16.4. The van der Waals surface area contributed by atoms with Crippen molar-refractivity contribution in [1.29, 1.82) is 0 Å². The zero-order valence-electron chi connectivity index (χ0n) is 12.6. The minimum absolute atomic E-state index is 0.218. The molecule has 0 atom stereocenters. The van der Waals surface area contributed by atoms with Crippen LogP contribution < -0.4 is 0 Å². The Labute approximate surface area is 137 Å². The first-order valence-electron chi connectivity index (χ1n) is 7.46. The molecule has 3 aromatic carbocycles. The van der Waals surface area contributed by atoms with Crippen LogP contribution in [0.3, 0.4) is 0 Å². The lowest BCUT2D eigenvalue weighted by Gasteiger charge is -2.01. The molecule has 4 aromatic rings. The molecule has 1 heterocycles. The van der Waals surface area contributed by atoms with Crippen LogP contribution in [-0.2, 0) is 0 Å². The summed E-state index contributed by atoms with van der Waals surface area (Å²) in [7, 11) is 0. The van der Waals surface area contributed by atoms with Crippen molar-refractivity contribution in [3.8, 4) is 16.9 Å². The number of hydrogen-bond acceptors (Lipinski definition) is 3. The Morgan fingerprint density at radius 3 is 2.58 bits per heavy atom. The van der Waals surface area contributed by atoms with Crippen molar-refractivity contribution < 1.29 is 9.90 Å². The molecule has 0 aliphatic heterocycles. The standard InChI is InChI=1S/C19H13N3O2/c23-19(24)16-6-3-7-17(11-16)22-12-18(20-21-22)15-9-8-13-4-1-2-5-14(13)10-15/h1-12H,(H,23,24). The number of nitrogens with zero attached hydrogens (tertiary/aromatic N) is 3. The van der Waals surface area contributed by atoms with Gasteiger partial charge in [-0.05, 0) is 35.0 Å². The van der Waals surface area contributed by atoms with Crippen molar-refractivity contribution >= 4 is 16.7 Å². The fraction of sp³-hybridized carbons (Fsp3) is 0. The van der Waals surface area contributed by atoms with Gasteiger partial charge in [0.15, 0.2) is 0 Å². The molecule has 1 aromatic heterocycles. The first kappa shape index (κ1) is 14.1. The van der Waals surface area contributed by atoms with E-state index in [0.29, 0.717) is 5.69 Å². The second-order valence-corrected chi connectivity index (χ2v) is 5.47. The Morgan fingerprint density at radius 2 is 1.75 bits per heavy atom. The van der Waals surface area contributed by atoms with Crippen molar-refractivity contribution in [2.24, 2.45) is 0 Å². The molecule has 0 amide bonds. The quantitative estimate of drug-likeness (QED) is 0.624. The Bertz CT molecular complexity index is 1050. The molecule has 1 N–H and O–H groups in total. The van der Waals surface area contributed by atoms with Gasteiger partial charge in [0.1, 0.15) is 5.69 Å². The molecule has 0 spiro atoms. The Morgan fingerprint density at radius 1 is 0.917 bits per heavy atom. The van der Waals surface area contributed by atoms with Gasteiger partial charge < -0.3 is 5.11 Å². The van der Waals surface area contributed by atoms with E-state index in [2.05, 4.69) is 34.6 Å². The van der Waals surface area contributed by atoms with Crippen molar-refractivity contribution in [1.82, 2.24) is 15.0 Å². The predicted molar refractivity (Wildman–Crippen MR) is 91.3 cm³/mol. The largest absolute Gasteiger partial charge is 0.478 e. The summed E-state index contributed by atoms with van der Waals surface area (Å²) in [6, 6.07) is 20.9. The minimum atomic E-state index is -0.966. The summed E-state index contributed by atoms with van der Waals surface area (Å²) in [6.45, 7) is 0. The molecule has 24 heavy (non-hydrogen) atoms. The minimum Gasteiger partial charge on any atom is -0.478 e. The SMILES string of the molecule is O=C(O)c1cccc(-n2cc(-c3ccc4ccccc4c3)nn2)c1. The van der Waals surface area contributed by atoms with Crippen LogP contribution in [0, 0.1) is 0 Å². The zero-order chi connectivity index (χ0) is 16.5. The lowest BCUT2D eigenvalue weighted by molar-refractivity contribution is 0.0697. The third kappa shape index (κ3) is 2.52. The van der Waals surface area contributed by atoms with Gasteiger partial charge in [0.2, 0.25) is 0 Å². The zero-order valence-corrected chi connectivity index (χ0v) is 12.6. The van der Waals surface area contributed by atoms with E-state index < -0.39 is 5.97 Å². The van der Waals surface area contributed by atoms with Crippen molar-refractivity contribution in [2.45, 2.75) is 0 Å². The maximum absolute atomic E-state index is 11.1. The number of fused-ring (bicyclic) bond motifs is 1. The molecule has 0 unspecified atom stereocenters. The van der Waals surface area contributed by atoms with Crippen LogP contribution in [0.15, 0.2) is 72.9 Å². The highest BCUT2D eigenvalue weighted by Crippen LogP contribution is 2.23. The summed E-state index contributed by atoms with van der Waals surface area (Å²) in [4.78, 5) is 11.1. The molecule has 0 saturated heterocycles. The van der Waals surface area contributed by atoms with Gasteiger partial charge in [0.05, 0.1) is 17.4 Å². The summed E-state index contributed by atoms with van der Waals surface area (Å²) >= 11 is 0. The molecule has 5 nitrogen and oxygen atoms in total. The van der Waals surface area contributed by atoms with Crippen LogP contribution in [0.2, 0.25) is 0 Å². The van der Waals surface area contributed by atoms with Crippen molar-refractivity contribution in [2.75, 3.05) is 0 Å². The van der Waals surface area contributed by atoms with Crippen molar-refractivity contribution in [3.63, 3.8) is 0 Å². The maximum Gasteiger partial charge on any atom is 0.335 e. The van der Waals surface area contributed by atoms with Crippen molar-refractivity contribution in [3.05, 3.63) is 78.5 Å². The second kappa shape index (κ2) is 5.62. The monoisotopic (exact) mass is 315 g/mol. The van der Waals surface area contributed by atoms with E-state index in [1.54, 1.807) is 35.1 Å². The summed E-state index contributed by atoms with van der Waals surface area (Å²) < 4.78 is 1.58. The number of carbonyl (C=O) groups is 1. The van der Waals surface area contributed by atoms with Crippen LogP contribution in [0.5, 0.6) is 0 Å². The van der Waals surface area contributed by atoms with E-state index in [1.165, 1.54) is 5.39 Å². The summed E-state index contributed by atoms with van der Waals surface area (Å²) in [5.74, 6) is -0.966. The molecule has 0 fully saturated rings. The molecule has 116 valence electrons. The normalized spacial score (nSPS) is 10.8. The van der Waals surface area contributed by atoms with E-state index in [9.17, 15) is 4.79 Å². The number of aromatic nitrogens is 3. The number of benzene rings is 3. The number of carboxylic acid groups (broad SMARTS) is 1. The molecule has 0 bridgehead atoms. The fourth-order valence-electron chi connectivity index (χ4n) is 2.65. The molecular formula is C19H13N3O2. The Balaban J connectivity index is 1.73. The molecular weight excluding hydrogens is 302 g/mol. The lowest BCUT2D eigenvalue weighted by Crippen LogP contribution is -2.00. The maximum atomic E-state index is 11.1. The van der Waals surface area contributed by atoms with Crippen LogP contribution in [-0.4, -0.2) is 26.1 Å². The first-order valence-corrected chi connectivity index (χ1v) is 7.46. The summed E-state index contributed by atoms with van der Waals surface area (Å²) in [6.07, 6.45) is 1.80. The summed E-state index contributed by atoms with van der Waals surface area (Å²) in [5, 5.41) is 19.7. The average Bonchev–Trinajstić information content (AvgIpc) is 3.11. The molecule has 0 radical (unpaired) electrons. The second-order valence-electron chi connectivity index (χ2n) is 5.47. The number of aromatic carboxylic acids is 1. The van der Waals surface area contributed by atoms with Crippen LogP contribution in [0.1, 0.15) is 10.4 Å². The van der Waals surface area contributed by atoms with Gasteiger partial charge in [0.25, 0.3) is 0 Å². The van der Waals surface area contributed by atoms with Gasteiger partial charge in [-0.1, -0.05) is 47.7 Å². The molecule has 5 heteroatoms. The lowest BCUT2D eigenvalue weighted by atomic mass is 10.1. The van der Waals surface area contributed by atoms with Gasteiger partial charge in [-0.3, -0.25) is 0 Å². The third-order valence-electron chi connectivity index (χ3n) is 3.90. The van der Waals surface area contributed by atoms with Gasteiger partial charge in [-0.2, -0.15) is 0 Å². The topological polar surface area (TPSA) is 68.0 Å². The highest BCUT2D eigenvalue weighted by molar-refractivity contribution is 5.88. The fourth-order valence-corrected chi connectivity index (χ4v) is 2.65. The number of carboxylic acids is 1. The van der Waals surface area contributed by atoms with Gasteiger partial charge in [0, 0.05) is 5.56 Å². The van der Waals surface area contributed by atoms with E-state index in [0.717, 1.165) is 16.6 Å². The van der Waals surface area contributed by atoms with Crippen LogP contribution >= 0.6 is 0 Å². The van der Waals surface area contributed by atoms with E-state index >= 15 is 0 Å².